The van der Waals surface area contributed by atoms with E-state index >= 15 is 0 Å². The molecule has 0 aromatic rings. The molecule has 0 bridgehead atoms. The van der Waals surface area contributed by atoms with Gasteiger partial charge in [-0.25, -0.2) is 0 Å². The van der Waals surface area contributed by atoms with Crippen LogP contribution in [-0.2, 0) is 4.79 Å². The Kier molecular flexibility index (Phi) is 7.88. The normalized spacial score (nSPS) is 21.2. The van der Waals surface area contributed by atoms with Gasteiger partial charge in [-0.1, -0.05) is 27.7 Å². The van der Waals surface area contributed by atoms with Crippen molar-refractivity contribution in [2.45, 2.75) is 47.0 Å². The highest BCUT2D eigenvalue weighted by Gasteiger charge is 2.22. The Bertz CT molecular complexity index is 245. The van der Waals surface area contributed by atoms with Crippen molar-refractivity contribution in [2.24, 2.45) is 17.3 Å². The van der Waals surface area contributed by atoms with Crippen molar-refractivity contribution in [3.63, 3.8) is 0 Å². The molecule has 0 spiro atoms. The van der Waals surface area contributed by atoms with Gasteiger partial charge in [0.25, 0.3) is 0 Å². The lowest BCUT2D eigenvalue weighted by molar-refractivity contribution is -0.122. The number of rotatable bonds is 5. The summed E-state index contributed by atoms with van der Waals surface area (Å²) in [5.74, 6) is 1.39. The third-order valence-electron chi connectivity index (χ3n) is 4.01. The van der Waals surface area contributed by atoms with Crippen LogP contribution in [0.15, 0.2) is 0 Å². The first-order valence-electron chi connectivity index (χ1n) is 6.87. The average Bonchev–Trinajstić information content (AvgIpc) is 2.69. The number of nitrogens with one attached hydrogen (secondary N) is 2. The summed E-state index contributed by atoms with van der Waals surface area (Å²) < 4.78 is 0. The molecule has 2 atom stereocenters. The van der Waals surface area contributed by atoms with Gasteiger partial charge in [0.05, 0.1) is 0 Å². The fourth-order valence-corrected chi connectivity index (χ4v) is 2.03. The summed E-state index contributed by atoms with van der Waals surface area (Å²) in [5, 5.41) is 6.40. The Morgan fingerprint density at radius 3 is 2.61 bits per heavy atom. The van der Waals surface area contributed by atoms with E-state index in [0.29, 0.717) is 12.3 Å². The van der Waals surface area contributed by atoms with E-state index in [2.05, 4.69) is 38.3 Å². The summed E-state index contributed by atoms with van der Waals surface area (Å²) in [4.78, 5) is 11.7. The maximum Gasteiger partial charge on any atom is 0.220 e. The van der Waals surface area contributed by atoms with E-state index in [1.54, 1.807) is 0 Å². The van der Waals surface area contributed by atoms with Crippen molar-refractivity contribution >= 4 is 18.3 Å². The zero-order chi connectivity index (χ0) is 12.9. The van der Waals surface area contributed by atoms with Gasteiger partial charge in [-0.2, -0.15) is 0 Å². The molecule has 1 aliphatic rings. The zero-order valence-corrected chi connectivity index (χ0v) is 13.0. The van der Waals surface area contributed by atoms with E-state index in [-0.39, 0.29) is 23.7 Å². The van der Waals surface area contributed by atoms with E-state index in [1.165, 1.54) is 6.42 Å². The van der Waals surface area contributed by atoms with Crippen LogP contribution in [0.5, 0.6) is 0 Å². The molecule has 18 heavy (non-hydrogen) atoms. The van der Waals surface area contributed by atoms with Gasteiger partial charge in [-0.05, 0) is 43.2 Å². The molecule has 0 radical (unpaired) electrons. The maximum atomic E-state index is 11.7. The molecule has 3 nitrogen and oxygen atoms in total. The fourth-order valence-electron chi connectivity index (χ4n) is 2.03. The Hall–Kier alpha value is -0.280. The van der Waals surface area contributed by atoms with E-state index in [9.17, 15) is 4.79 Å². The predicted molar refractivity (Wildman–Crippen MR) is 79.1 cm³/mol. The molecule has 0 saturated carbocycles. The number of hydrogen-bond acceptors (Lipinski definition) is 2. The number of amides is 1. The van der Waals surface area contributed by atoms with Crippen molar-refractivity contribution in [3.8, 4) is 0 Å². The summed E-state index contributed by atoms with van der Waals surface area (Å²) >= 11 is 0. The summed E-state index contributed by atoms with van der Waals surface area (Å²) in [6.45, 7) is 11.8. The van der Waals surface area contributed by atoms with Crippen LogP contribution in [-0.4, -0.2) is 25.5 Å². The molecule has 0 aliphatic carbocycles. The highest BCUT2D eigenvalue weighted by atomic mass is 35.5. The Morgan fingerprint density at radius 2 is 2.11 bits per heavy atom. The van der Waals surface area contributed by atoms with E-state index in [1.807, 2.05) is 0 Å². The van der Waals surface area contributed by atoms with Crippen molar-refractivity contribution in [2.75, 3.05) is 19.6 Å². The van der Waals surface area contributed by atoms with E-state index in [0.717, 1.165) is 32.0 Å². The van der Waals surface area contributed by atoms with Crippen LogP contribution < -0.4 is 10.6 Å². The molecule has 1 amide bonds. The van der Waals surface area contributed by atoms with Gasteiger partial charge in [0.2, 0.25) is 5.91 Å². The molecule has 1 fully saturated rings. The molecule has 108 valence electrons. The standard InChI is InChI=1S/C14H28N2O.ClH/c1-11(14(2,3)4)9-13(17)16-8-6-12-5-7-15-10-12;/h11-12,15H,5-10H2,1-4H3,(H,16,17);1H. The maximum absolute atomic E-state index is 11.7. The molecule has 1 aliphatic heterocycles. The van der Waals surface area contributed by atoms with Crippen LogP contribution in [0.4, 0.5) is 0 Å². The lowest BCUT2D eigenvalue weighted by Gasteiger charge is -2.26. The van der Waals surface area contributed by atoms with Crippen molar-refractivity contribution in [3.05, 3.63) is 0 Å². The summed E-state index contributed by atoms with van der Waals surface area (Å²) in [6, 6.07) is 0. The Morgan fingerprint density at radius 1 is 1.44 bits per heavy atom. The topological polar surface area (TPSA) is 41.1 Å². The quantitative estimate of drug-likeness (QED) is 0.810. The van der Waals surface area contributed by atoms with Crippen LogP contribution >= 0.6 is 12.4 Å². The molecule has 2 unspecified atom stereocenters. The number of carbonyl (C=O) groups excluding carboxylic acids is 1. The molecule has 0 aromatic heterocycles. The molecule has 1 heterocycles. The third kappa shape index (κ3) is 6.60. The fraction of sp³-hybridized carbons (Fsp3) is 0.929. The first-order valence-corrected chi connectivity index (χ1v) is 6.87. The van der Waals surface area contributed by atoms with Gasteiger partial charge in [0.1, 0.15) is 0 Å². The molecule has 2 N–H and O–H groups in total. The van der Waals surface area contributed by atoms with Crippen LogP contribution in [0.2, 0.25) is 0 Å². The van der Waals surface area contributed by atoms with Crippen LogP contribution in [0.1, 0.15) is 47.0 Å². The predicted octanol–water partition coefficient (Wildman–Crippen LogP) is 2.60. The van der Waals surface area contributed by atoms with Crippen molar-refractivity contribution in [1.29, 1.82) is 0 Å². The van der Waals surface area contributed by atoms with Crippen molar-refractivity contribution < 1.29 is 4.79 Å². The average molecular weight is 277 g/mol. The Balaban J connectivity index is 0.00000289. The first-order chi connectivity index (χ1) is 7.89. The minimum atomic E-state index is 0. The van der Waals surface area contributed by atoms with Gasteiger partial charge >= 0.3 is 0 Å². The highest BCUT2D eigenvalue weighted by Crippen LogP contribution is 2.27. The van der Waals surface area contributed by atoms with E-state index in [4.69, 9.17) is 0 Å². The second-order valence-electron chi connectivity index (χ2n) is 6.47. The summed E-state index contributed by atoms with van der Waals surface area (Å²) in [7, 11) is 0. The SMILES string of the molecule is CC(CC(=O)NCCC1CCNC1)C(C)(C)C.Cl. The summed E-state index contributed by atoms with van der Waals surface area (Å²) in [5.41, 5.74) is 0.215. The smallest absolute Gasteiger partial charge is 0.220 e. The minimum Gasteiger partial charge on any atom is -0.356 e. The van der Waals surface area contributed by atoms with Gasteiger partial charge in [-0.3, -0.25) is 4.79 Å². The summed E-state index contributed by atoms with van der Waals surface area (Å²) in [6.07, 6.45) is 3.02. The van der Waals surface area contributed by atoms with Gasteiger partial charge in [0, 0.05) is 13.0 Å². The van der Waals surface area contributed by atoms with E-state index < -0.39 is 0 Å². The molecule has 1 saturated heterocycles. The minimum absolute atomic E-state index is 0. The third-order valence-corrected chi connectivity index (χ3v) is 4.01. The monoisotopic (exact) mass is 276 g/mol. The lowest BCUT2D eigenvalue weighted by Crippen LogP contribution is -2.30. The molecular weight excluding hydrogens is 248 g/mol. The molecule has 0 aromatic carbocycles. The largest absolute Gasteiger partial charge is 0.356 e. The second kappa shape index (κ2) is 8.00. The van der Waals surface area contributed by atoms with Gasteiger partial charge < -0.3 is 10.6 Å². The zero-order valence-electron chi connectivity index (χ0n) is 12.2. The Labute approximate surface area is 118 Å². The molecule has 1 rings (SSSR count). The molecular formula is C14H29ClN2O. The van der Waals surface area contributed by atoms with Crippen molar-refractivity contribution in [1.82, 2.24) is 10.6 Å². The number of hydrogen-bond donors (Lipinski definition) is 2. The second-order valence-corrected chi connectivity index (χ2v) is 6.47. The number of carbonyl (C=O) groups is 1. The first kappa shape index (κ1) is 17.7. The van der Waals surface area contributed by atoms with Crippen LogP contribution in [0.3, 0.4) is 0 Å². The van der Waals surface area contributed by atoms with Crippen LogP contribution in [0.25, 0.3) is 0 Å². The van der Waals surface area contributed by atoms with Crippen LogP contribution in [0, 0.1) is 17.3 Å². The van der Waals surface area contributed by atoms with Gasteiger partial charge in [0.15, 0.2) is 0 Å². The molecule has 4 heteroatoms. The number of halogens is 1. The lowest BCUT2D eigenvalue weighted by atomic mass is 9.80. The van der Waals surface area contributed by atoms with Gasteiger partial charge in [-0.15, -0.1) is 12.4 Å². The highest BCUT2D eigenvalue weighted by molar-refractivity contribution is 5.85.